The molecule has 0 unspecified atom stereocenters. The standard InChI is InChI=1S/C14H16N2O3/c1-8-5-9(2)10-7-12(16-11(10)6-8)14(19)15-4-3-13(17)18/h5-7,16H,3-4H2,1-2H3,(H,15,19)(H,17,18). The topological polar surface area (TPSA) is 82.2 Å². The molecule has 1 aromatic heterocycles. The quantitative estimate of drug-likeness (QED) is 0.786. The van der Waals surface area contributed by atoms with Gasteiger partial charge in [-0.15, -0.1) is 0 Å². The third kappa shape index (κ3) is 2.93. The predicted molar refractivity (Wildman–Crippen MR) is 72.4 cm³/mol. The number of rotatable bonds is 4. The summed E-state index contributed by atoms with van der Waals surface area (Å²) >= 11 is 0. The maximum atomic E-state index is 11.9. The number of carboxylic acids is 1. The average molecular weight is 260 g/mol. The van der Waals surface area contributed by atoms with Gasteiger partial charge >= 0.3 is 5.97 Å². The SMILES string of the molecule is Cc1cc(C)c2cc(C(=O)NCCC(=O)O)[nH]c2c1. The highest BCUT2D eigenvalue weighted by atomic mass is 16.4. The van der Waals surface area contributed by atoms with Crippen LogP contribution in [0.1, 0.15) is 28.0 Å². The van der Waals surface area contributed by atoms with E-state index in [0.717, 1.165) is 22.0 Å². The molecule has 1 aromatic carbocycles. The molecule has 0 saturated heterocycles. The van der Waals surface area contributed by atoms with Crippen molar-refractivity contribution in [3.63, 3.8) is 0 Å². The van der Waals surface area contributed by atoms with Crippen molar-refractivity contribution >= 4 is 22.8 Å². The number of carboxylic acid groups (broad SMARTS) is 1. The largest absolute Gasteiger partial charge is 0.481 e. The molecule has 2 aromatic rings. The lowest BCUT2D eigenvalue weighted by Crippen LogP contribution is -2.26. The van der Waals surface area contributed by atoms with Gasteiger partial charge in [0.25, 0.3) is 5.91 Å². The molecule has 0 aliphatic heterocycles. The third-order valence-electron chi connectivity index (χ3n) is 2.96. The van der Waals surface area contributed by atoms with Crippen LogP contribution in [0.25, 0.3) is 10.9 Å². The number of aromatic amines is 1. The Morgan fingerprint density at radius 1 is 1.26 bits per heavy atom. The predicted octanol–water partition coefficient (Wildman–Crippen LogP) is 1.99. The Bertz CT molecular complexity index is 643. The molecular formula is C14H16N2O3. The smallest absolute Gasteiger partial charge is 0.305 e. The van der Waals surface area contributed by atoms with E-state index in [9.17, 15) is 9.59 Å². The van der Waals surface area contributed by atoms with Crippen molar-refractivity contribution < 1.29 is 14.7 Å². The van der Waals surface area contributed by atoms with Gasteiger partial charge in [0.05, 0.1) is 6.42 Å². The Morgan fingerprint density at radius 3 is 2.68 bits per heavy atom. The second kappa shape index (κ2) is 5.14. The maximum absolute atomic E-state index is 11.9. The summed E-state index contributed by atoms with van der Waals surface area (Å²) in [6, 6.07) is 5.83. The van der Waals surface area contributed by atoms with Crippen molar-refractivity contribution in [3.8, 4) is 0 Å². The zero-order valence-corrected chi connectivity index (χ0v) is 10.9. The van der Waals surface area contributed by atoms with E-state index in [1.807, 2.05) is 19.9 Å². The fourth-order valence-corrected chi connectivity index (χ4v) is 2.10. The van der Waals surface area contributed by atoms with Crippen LogP contribution in [0.3, 0.4) is 0 Å². The van der Waals surface area contributed by atoms with Crippen LogP contribution in [0.2, 0.25) is 0 Å². The molecule has 0 fully saturated rings. The summed E-state index contributed by atoms with van der Waals surface area (Å²) < 4.78 is 0. The fourth-order valence-electron chi connectivity index (χ4n) is 2.10. The van der Waals surface area contributed by atoms with Gasteiger partial charge < -0.3 is 15.4 Å². The van der Waals surface area contributed by atoms with E-state index >= 15 is 0 Å². The maximum Gasteiger partial charge on any atom is 0.305 e. The zero-order chi connectivity index (χ0) is 14.0. The highest BCUT2D eigenvalue weighted by molar-refractivity contribution is 5.99. The summed E-state index contributed by atoms with van der Waals surface area (Å²) in [6.45, 7) is 4.12. The van der Waals surface area contributed by atoms with E-state index in [2.05, 4.69) is 16.4 Å². The van der Waals surface area contributed by atoms with Gasteiger partial charge in [0.2, 0.25) is 0 Å². The van der Waals surface area contributed by atoms with Gasteiger partial charge in [-0.3, -0.25) is 9.59 Å². The number of benzene rings is 1. The number of carbonyl (C=O) groups is 2. The van der Waals surface area contributed by atoms with Crippen LogP contribution in [0.4, 0.5) is 0 Å². The molecule has 0 radical (unpaired) electrons. The molecule has 0 atom stereocenters. The molecule has 0 spiro atoms. The highest BCUT2D eigenvalue weighted by Gasteiger charge is 2.11. The molecule has 19 heavy (non-hydrogen) atoms. The summed E-state index contributed by atoms with van der Waals surface area (Å²) in [5, 5.41) is 12.1. The van der Waals surface area contributed by atoms with Crippen molar-refractivity contribution in [1.29, 1.82) is 0 Å². The summed E-state index contributed by atoms with van der Waals surface area (Å²) in [5.41, 5.74) is 3.61. The molecule has 5 heteroatoms. The highest BCUT2D eigenvalue weighted by Crippen LogP contribution is 2.21. The van der Waals surface area contributed by atoms with Crippen LogP contribution in [0.5, 0.6) is 0 Å². The molecule has 3 N–H and O–H groups in total. The lowest BCUT2D eigenvalue weighted by atomic mass is 10.1. The Balaban J connectivity index is 2.19. The number of aromatic nitrogens is 1. The number of H-pyrrole nitrogens is 1. The van der Waals surface area contributed by atoms with Gasteiger partial charge in [-0.25, -0.2) is 0 Å². The number of nitrogens with one attached hydrogen (secondary N) is 2. The van der Waals surface area contributed by atoms with Gasteiger partial charge in [0, 0.05) is 17.4 Å². The average Bonchev–Trinajstić information content (AvgIpc) is 2.72. The molecular weight excluding hydrogens is 244 g/mol. The van der Waals surface area contributed by atoms with E-state index in [0.29, 0.717) is 5.69 Å². The lowest BCUT2D eigenvalue weighted by molar-refractivity contribution is -0.136. The van der Waals surface area contributed by atoms with Gasteiger partial charge in [0.15, 0.2) is 0 Å². The first-order chi connectivity index (χ1) is 8.97. The third-order valence-corrected chi connectivity index (χ3v) is 2.96. The summed E-state index contributed by atoms with van der Waals surface area (Å²) in [6.07, 6.45) is -0.0793. The molecule has 2 rings (SSSR count). The summed E-state index contributed by atoms with van der Waals surface area (Å²) in [5.74, 6) is -1.21. The number of hydrogen-bond donors (Lipinski definition) is 3. The van der Waals surface area contributed by atoms with E-state index < -0.39 is 5.97 Å². The van der Waals surface area contributed by atoms with Crippen LogP contribution in [0, 0.1) is 13.8 Å². The Morgan fingerprint density at radius 2 is 2.00 bits per heavy atom. The molecule has 0 saturated carbocycles. The minimum absolute atomic E-state index is 0.0793. The van der Waals surface area contributed by atoms with Crippen molar-refractivity contribution in [3.05, 3.63) is 35.0 Å². The van der Waals surface area contributed by atoms with Crippen molar-refractivity contribution in [2.45, 2.75) is 20.3 Å². The number of amides is 1. The van der Waals surface area contributed by atoms with Crippen LogP contribution in [0.15, 0.2) is 18.2 Å². The van der Waals surface area contributed by atoms with Crippen LogP contribution >= 0.6 is 0 Å². The molecule has 5 nitrogen and oxygen atoms in total. The van der Waals surface area contributed by atoms with Gasteiger partial charge in [-0.2, -0.15) is 0 Å². The van der Waals surface area contributed by atoms with E-state index in [4.69, 9.17) is 5.11 Å². The lowest BCUT2D eigenvalue weighted by Gasteiger charge is -2.00. The van der Waals surface area contributed by atoms with Crippen molar-refractivity contribution in [2.75, 3.05) is 6.54 Å². The number of aryl methyl sites for hydroxylation is 2. The first-order valence-corrected chi connectivity index (χ1v) is 6.07. The van der Waals surface area contributed by atoms with Crippen LogP contribution < -0.4 is 5.32 Å². The number of hydrogen-bond acceptors (Lipinski definition) is 2. The molecule has 0 aliphatic rings. The molecule has 0 bridgehead atoms. The normalized spacial score (nSPS) is 10.6. The van der Waals surface area contributed by atoms with Crippen LogP contribution in [-0.4, -0.2) is 28.5 Å². The zero-order valence-electron chi connectivity index (χ0n) is 10.9. The Hall–Kier alpha value is -2.30. The minimum Gasteiger partial charge on any atom is -0.481 e. The van der Waals surface area contributed by atoms with Crippen LogP contribution in [-0.2, 0) is 4.79 Å². The first-order valence-electron chi connectivity index (χ1n) is 6.07. The van der Waals surface area contributed by atoms with Crippen molar-refractivity contribution in [1.82, 2.24) is 10.3 Å². The van der Waals surface area contributed by atoms with E-state index in [1.54, 1.807) is 6.07 Å². The molecule has 1 amide bonds. The monoisotopic (exact) mass is 260 g/mol. The Kier molecular flexibility index (Phi) is 3.55. The molecule has 1 heterocycles. The molecule has 0 aliphatic carbocycles. The molecule has 100 valence electrons. The van der Waals surface area contributed by atoms with Gasteiger partial charge in [-0.05, 0) is 37.1 Å². The first kappa shape index (κ1) is 13.1. The van der Waals surface area contributed by atoms with E-state index in [1.165, 1.54) is 0 Å². The number of fused-ring (bicyclic) bond motifs is 1. The van der Waals surface area contributed by atoms with E-state index in [-0.39, 0.29) is 18.9 Å². The van der Waals surface area contributed by atoms with Gasteiger partial charge in [0.1, 0.15) is 5.69 Å². The minimum atomic E-state index is -0.927. The van der Waals surface area contributed by atoms with Crippen molar-refractivity contribution in [2.24, 2.45) is 0 Å². The summed E-state index contributed by atoms with van der Waals surface area (Å²) in [4.78, 5) is 25.3. The number of aliphatic carboxylic acids is 1. The summed E-state index contributed by atoms with van der Waals surface area (Å²) in [7, 11) is 0. The fraction of sp³-hybridized carbons (Fsp3) is 0.286. The second-order valence-electron chi connectivity index (χ2n) is 4.63. The second-order valence-corrected chi connectivity index (χ2v) is 4.63. The van der Waals surface area contributed by atoms with Gasteiger partial charge in [-0.1, -0.05) is 6.07 Å². The number of carbonyl (C=O) groups excluding carboxylic acids is 1. The Labute approximate surface area is 110 Å².